The van der Waals surface area contributed by atoms with Gasteiger partial charge in [0.25, 0.3) is 5.91 Å². The lowest BCUT2D eigenvalue weighted by Gasteiger charge is -2.11. The van der Waals surface area contributed by atoms with E-state index in [9.17, 15) is 9.59 Å². The number of anilines is 1. The van der Waals surface area contributed by atoms with Crippen molar-refractivity contribution in [1.82, 2.24) is 9.78 Å². The van der Waals surface area contributed by atoms with E-state index in [1.807, 2.05) is 38.1 Å². The van der Waals surface area contributed by atoms with Crippen LogP contribution in [-0.4, -0.2) is 28.3 Å². The fourth-order valence-corrected chi connectivity index (χ4v) is 3.70. The highest BCUT2D eigenvalue weighted by molar-refractivity contribution is 7.23. The summed E-state index contributed by atoms with van der Waals surface area (Å²) < 4.78 is 7.73. The average Bonchev–Trinajstić information content (AvgIpc) is 3.19. The van der Waals surface area contributed by atoms with Crippen molar-refractivity contribution in [2.75, 3.05) is 11.9 Å². The predicted molar refractivity (Wildman–Crippen MR) is 98.3 cm³/mol. The molecule has 1 N–H and O–H groups in total. The maximum Gasteiger partial charge on any atom is 0.341 e. The fourth-order valence-electron chi connectivity index (χ4n) is 2.61. The molecule has 0 aliphatic heterocycles. The van der Waals surface area contributed by atoms with Gasteiger partial charge < -0.3 is 10.1 Å². The van der Waals surface area contributed by atoms with Crippen LogP contribution in [0, 0.1) is 0 Å². The molecule has 2 heterocycles. The highest BCUT2D eigenvalue weighted by Crippen LogP contribution is 2.36. The van der Waals surface area contributed by atoms with Gasteiger partial charge in [0.2, 0.25) is 0 Å². The van der Waals surface area contributed by atoms with Gasteiger partial charge in [0.15, 0.2) is 0 Å². The van der Waals surface area contributed by atoms with E-state index in [4.69, 9.17) is 4.74 Å². The zero-order chi connectivity index (χ0) is 18.0. The number of carbonyl (C=O) groups is 2. The second-order valence-corrected chi connectivity index (χ2v) is 6.78. The minimum absolute atomic E-state index is 0.0580. The molecule has 1 amide bonds. The molecule has 7 heteroatoms. The number of nitrogens with zero attached hydrogens (tertiary/aromatic N) is 2. The summed E-state index contributed by atoms with van der Waals surface area (Å²) in [4.78, 5) is 25.1. The van der Waals surface area contributed by atoms with Crippen molar-refractivity contribution in [2.45, 2.75) is 26.8 Å². The second-order valence-electron chi connectivity index (χ2n) is 5.73. The maximum atomic E-state index is 12.7. The molecule has 0 atom stereocenters. The first-order valence-electron chi connectivity index (χ1n) is 8.06. The molecule has 6 nitrogen and oxygen atoms in total. The van der Waals surface area contributed by atoms with Crippen LogP contribution in [0.25, 0.3) is 10.1 Å². The summed E-state index contributed by atoms with van der Waals surface area (Å²) in [5.41, 5.74) is 0.841. The van der Waals surface area contributed by atoms with Crippen molar-refractivity contribution in [2.24, 2.45) is 0 Å². The van der Waals surface area contributed by atoms with Gasteiger partial charge in [0, 0.05) is 22.3 Å². The Kier molecular flexibility index (Phi) is 4.85. The van der Waals surface area contributed by atoms with E-state index < -0.39 is 5.97 Å². The normalized spacial score (nSPS) is 11.0. The second kappa shape index (κ2) is 7.06. The minimum atomic E-state index is -0.437. The Bertz CT molecular complexity index is 927. The number of hydrogen-bond donors (Lipinski definition) is 1. The first kappa shape index (κ1) is 17.2. The third-order valence-electron chi connectivity index (χ3n) is 3.69. The van der Waals surface area contributed by atoms with E-state index in [1.54, 1.807) is 23.9 Å². The molecule has 3 aromatic rings. The van der Waals surface area contributed by atoms with Crippen molar-refractivity contribution in [1.29, 1.82) is 0 Å². The maximum absolute atomic E-state index is 12.7. The molecule has 0 aliphatic carbocycles. The van der Waals surface area contributed by atoms with Crippen LogP contribution in [0.1, 0.15) is 47.7 Å². The number of ether oxygens (including phenoxy) is 1. The van der Waals surface area contributed by atoms with Crippen molar-refractivity contribution < 1.29 is 14.3 Å². The summed E-state index contributed by atoms with van der Waals surface area (Å²) in [5.74, 6) is -0.740. The molecule has 0 saturated heterocycles. The topological polar surface area (TPSA) is 73.2 Å². The monoisotopic (exact) mass is 357 g/mol. The van der Waals surface area contributed by atoms with Gasteiger partial charge in [-0.3, -0.25) is 9.48 Å². The van der Waals surface area contributed by atoms with E-state index in [0.717, 1.165) is 10.1 Å². The van der Waals surface area contributed by atoms with Crippen LogP contribution in [0.2, 0.25) is 0 Å². The molecule has 3 rings (SSSR count). The molecule has 130 valence electrons. The Balaban J connectivity index is 2.00. The van der Waals surface area contributed by atoms with Gasteiger partial charge >= 0.3 is 5.97 Å². The smallest absolute Gasteiger partial charge is 0.341 e. The number of amides is 1. The first-order chi connectivity index (χ1) is 12.0. The third kappa shape index (κ3) is 3.28. The minimum Gasteiger partial charge on any atom is -0.462 e. The number of hydrogen-bond acceptors (Lipinski definition) is 5. The van der Waals surface area contributed by atoms with Crippen LogP contribution in [0.15, 0.2) is 36.5 Å². The number of thiophene rings is 1. The highest BCUT2D eigenvalue weighted by atomic mass is 32.1. The van der Waals surface area contributed by atoms with E-state index in [1.165, 1.54) is 11.3 Å². The first-order valence-corrected chi connectivity index (χ1v) is 8.88. The van der Waals surface area contributed by atoms with E-state index in [2.05, 4.69) is 10.4 Å². The fraction of sp³-hybridized carbons (Fsp3) is 0.278. The van der Waals surface area contributed by atoms with E-state index in [-0.39, 0.29) is 18.6 Å². The lowest BCUT2D eigenvalue weighted by Crippen LogP contribution is -2.19. The van der Waals surface area contributed by atoms with Crippen molar-refractivity contribution in [3.05, 3.63) is 47.8 Å². The Hall–Kier alpha value is -2.67. The van der Waals surface area contributed by atoms with Gasteiger partial charge in [-0.05, 0) is 32.9 Å². The van der Waals surface area contributed by atoms with Crippen molar-refractivity contribution >= 4 is 38.3 Å². The van der Waals surface area contributed by atoms with Gasteiger partial charge in [0.1, 0.15) is 16.3 Å². The number of nitrogens with one attached hydrogen (secondary N) is 1. The quantitative estimate of drug-likeness (QED) is 0.698. The molecular weight excluding hydrogens is 338 g/mol. The predicted octanol–water partition coefficient (Wildman–Crippen LogP) is 4.11. The zero-order valence-corrected chi connectivity index (χ0v) is 15.1. The molecule has 0 bridgehead atoms. The van der Waals surface area contributed by atoms with Crippen molar-refractivity contribution in [3.63, 3.8) is 0 Å². The Morgan fingerprint density at radius 3 is 2.76 bits per heavy atom. The average molecular weight is 357 g/mol. The van der Waals surface area contributed by atoms with Crippen LogP contribution < -0.4 is 5.32 Å². The van der Waals surface area contributed by atoms with Crippen molar-refractivity contribution in [3.8, 4) is 0 Å². The molecule has 25 heavy (non-hydrogen) atoms. The number of fused-ring (bicyclic) bond motifs is 1. The highest BCUT2D eigenvalue weighted by Gasteiger charge is 2.23. The van der Waals surface area contributed by atoms with Gasteiger partial charge in [-0.25, -0.2) is 4.79 Å². The Morgan fingerprint density at radius 1 is 1.28 bits per heavy atom. The van der Waals surface area contributed by atoms with Crippen LogP contribution in [0.3, 0.4) is 0 Å². The van der Waals surface area contributed by atoms with Gasteiger partial charge in [0.05, 0.1) is 6.61 Å². The molecule has 0 fully saturated rings. The summed E-state index contributed by atoms with van der Waals surface area (Å²) in [7, 11) is 0. The largest absolute Gasteiger partial charge is 0.462 e. The lowest BCUT2D eigenvalue weighted by atomic mass is 10.1. The standard InChI is InChI=1S/C18H19N3O3S/c1-4-24-18(23)15-12-7-5-6-8-14(12)25-17(15)20-16(22)13-9-10-19-21(13)11(2)3/h5-11H,4H2,1-3H3,(H,20,22). The van der Waals surface area contributed by atoms with Gasteiger partial charge in [-0.2, -0.15) is 5.10 Å². The summed E-state index contributed by atoms with van der Waals surface area (Å²) >= 11 is 1.36. The number of benzene rings is 1. The molecule has 0 saturated carbocycles. The molecule has 1 aromatic carbocycles. The third-order valence-corrected chi connectivity index (χ3v) is 4.78. The van der Waals surface area contributed by atoms with Crippen LogP contribution in [-0.2, 0) is 4.74 Å². The summed E-state index contributed by atoms with van der Waals surface area (Å²) in [6, 6.07) is 9.24. The number of esters is 1. The Morgan fingerprint density at radius 2 is 2.04 bits per heavy atom. The number of rotatable bonds is 5. The molecule has 0 radical (unpaired) electrons. The SMILES string of the molecule is CCOC(=O)c1c(NC(=O)c2ccnn2C(C)C)sc2ccccc12. The molecule has 0 unspecified atom stereocenters. The zero-order valence-electron chi connectivity index (χ0n) is 14.3. The Labute approximate surface area is 149 Å². The van der Waals surface area contributed by atoms with Crippen LogP contribution >= 0.6 is 11.3 Å². The number of carbonyl (C=O) groups excluding carboxylic acids is 2. The van der Waals surface area contributed by atoms with E-state index in [0.29, 0.717) is 16.3 Å². The summed E-state index contributed by atoms with van der Waals surface area (Å²) in [6.07, 6.45) is 1.59. The summed E-state index contributed by atoms with van der Waals surface area (Å²) in [5, 5.41) is 8.29. The van der Waals surface area contributed by atoms with Crippen LogP contribution in [0.4, 0.5) is 5.00 Å². The molecule has 2 aromatic heterocycles. The molecule has 0 aliphatic rings. The number of aromatic nitrogens is 2. The molecule has 0 spiro atoms. The van der Waals surface area contributed by atoms with Gasteiger partial charge in [-0.15, -0.1) is 11.3 Å². The van der Waals surface area contributed by atoms with Crippen LogP contribution in [0.5, 0.6) is 0 Å². The van der Waals surface area contributed by atoms with Gasteiger partial charge in [-0.1, -0.05) is 18.2 Å². The van der Waals surface area contributed by atoms with E-state index >= 15 is 0 Å². The summed E-state index contributed by atoms with van der Waals surface area (Å²) in [6.45, 7) is 5.93. The lowest BCUT2D eigenvalue weighted by molar-refractivity contribution is 0.0530. The molecular formula is C18H19N3O3S.